The van der Waals surface area contributed by atoms with E-state index in [1.54, 1.807) is 30.3 Å². The highest BCUT2D eigenvalue weighted by Gasteiger charge is 2.25. The zero-order valence-electron chi connectivity index (χ0n) is 11.5. The van der Waals surface area contributed by atoms with Crippen molar-refractivity contribution in [1.82, 2.24) is 0 Å². The normalized spacial score (nSPS) is 11.4. The number of nitriles is 1. The van der Waals surface area contributed by atoms with Crippen molar-refractivity contribution in [2.24, 2.45) is 0 Å². The molecule has 0 heterocycles. The number of hydrogen-bond acceptors (Lipinski definition) is 3. The number of nitrogens with zero attached hydrogens (tertiary/aromatic N) is 1. The number of ketones is 1. The monoisotopic (exact) mass is 265 g/mol. The van der Waals surface area contributed by atoms with Crippen molar-refractivity contribution in [3.05, 3.63) is 65.2 Å². The van der Waals surface area contributed by atoms with E-state index in [0.717, 1.165) is 5.56 Å². The number of benzene rings is 2. The lowest BCUT2D eigenvalue weighted by atomic mass is 9.89. The zero-order valence-corrected chi connectivity index (χ0v) is 11.5. The van der Waals surface area contributed by atoms with Gasteiger partial charge in [0.25, 0.3) is 0 Å². The molecule has 3 heteroatoms. The van der Waals surface area contributed by atoms with Gasteiger partial charge in [0.05, 0.1) is 13.2 Å². The van der Waals surface area contributed by atoms with Crippen LogP contribution in [-0.4, -0.2) is 12.9 Å². The zero-order chi connectivity index (χ0) is 14.5. The molecule has 0 spiro atoms. The minimum absolute atomic E-state index is 0.199. The van der Waals surface area contributed by atoms with Crippen molar-refractivity contribution in [3.8, 4) is 11.8 Å². The second kappa shape index (κ2) is 6.03. The van der Waals surface area contributed by atoms with E-state index in [1.807, 2.05) is 25.1 Å². The van der Waals surface area contributed by atoms with Crippen LogP contribution in [0, 0.1) is 18.3 Å². The third-order valence-electron chi connectivity index (χ3n) is 3.25. The number of rotatable bonds is 4. The Balaban J connectivity index is 2.46. The van der Waals surface area contributed by atoms with Crippen molar-refractivity contribution >= 4 is 5.78 Å². The van der Waals surface area contributed by atoms with Gasteiger partial charge in [0.2, 0.25) is 0 Å². The standard InChI is InChI=1S/C17H15NO2/c1-12-7-3-4-8-13(12)17(19)15(11-18)14-9-5-6-10-16(14)20-2/h3-10,15H,1-2H3. The van der Waals surface area contributed by atoms with Gasteiger partial charge < -0.3 is 4.74 Å². The number of para-hydroxylation sites is 1. The largest absolute Gasteiger partial charge is 0.496 e. The fourth-order valence-electron chi connectivity index (χ4n) is 2.18. The maximum absolute atomic E-state index is 12.6. The van der Waals surface area contributed by atoms with Crippen LogP contribution in [0.2, 0.25) is 0 Å². The molecule has 0 radical (unpaired) electrons. The van der Waals surface area contributed by atoms with E-state index >= 15 is 0 Å². The molecule has 0 fully saturated rings. The molecule has 0 bridgehead atoms. The first kappa shape index (κ1) is 13.8. The summed E-state index contributed by atoms with van der Waals surface area (Å²) < 4.78 is 5.24. The van der Waals surface area contributed by atoms with Crippen LogP contribution in [-0.2, 0) is 0 Å². The number of carbonyl (C=O) groups excluding carboxylic acids is 1. The number of carbonyl (C=O) groups is 1. The highest BCUT2D eigenvalue weighted by Crippen LogP contribution is 2.29. The maximum atomic E-state index is 12.6. The number of Topliss-reactive ketones (excluding diaryl/α,β-unsaturated/α-hetero) is 1. The lowest BCUT2D eigenvalue weighted by Crippen LogP contribution is -2.13. The van der Waals surface area contributed by atoms with Gasteiger partial charge >= 0.3 is 0 Å². The molecule has 0 aromatic heterocycles. The molecule has 3 nitrogen and oxygen atoms in total. The first-order chi connectivity index (χ1) is 9.69. The van der Waals surface area contributed by atoms with Gasteiger partial charge in [0.1, 0.15) is 11.7 Å². The fourth-order valence-corrected chi connectivity index (χ4v) is 2.18. The summed E-state index contributed by atoms with van der Waals surface area (Å²) in [5.41, 5.74) is 2.04. The Morgan fingerprint density at radius 1 is 1.15 bits per heavy atom. The van der Waals surface area contributed by atoms with Gasteiger partial charge in [0, 0.05) is 11.1 Å². The van der Waals surface area contributed by atoms with Crippen molar-refractivity contribution in [3.63, 3.8) is 0 Å². The summed E-state index contributed by atoms with van der Waals surface area (Å²) in [7, 11) is 1.53. The SMILES string of the molecule is COc1ccccc1C(C#N)C(=O)c1ccccc1C. The quantitative estimate of drug-likeness (QED) is 0.795. The average Bonchev–Trinajstić information content (AvgIpc) is 2.49. The van der Waals surface area contributed by atoms with E-state index in [-0.39, 0.29) is 5.78 Å². The number of ether oxygens (including phenoxy) is 1. The van der Waals surface area contributed by atoms with Crippen LogP contribution < -0.4 is 4.74 Å². The molecule has 0 amide bonds. The van der Waals surface area contributed by atoms with Crippen LogP contribution in [0.5, 0.6) is 5.75 Å². The van der Waals surface area contributed by atoms with Crippen LogP contribution in [0.25, 0.3) is 0 Å². The third kappa shape index (κ3) is 2.55. The van der Waals surface area contributed by atoms with Crippen LogP contribution in [0.15, 0.2) is 48.5 Å². The molecule has 2 aromatic rings. The second-order valence-electron chi connectivity index (χ2n) is 4.48. The first-order valence-electron chi connectivity index (χ1n) is 6.31. The van der Waals surface area contributed by atoms with Crippen LogP contribution in [0.3, 0.4) is 0 Å². The molecule has 20 heavy (non-hydrogen) atoms. The predicted molar refractivity (Wildman–Crippen MR) is 76.9 cm³/mol. The lowest BCUT2D eigenvalue weighted by Gasteiger charge is -2.13. The van der Waals surface area contributed by atoms with Gasteiger partial charge in [-0.05, 0) is 18.6 Å². The number of aryl methyl sites for hydroxylation is 1. The molecule has 0 aliphatic rings. The maximum Gasteiger partial charge on any atom is 0.184 e. The van der Waals surface area contributed by atoms with Crippen molar-refractivity contribution in [2.75, 3.05) is 7.11 Å². The highest BCUT2D eigenvalue weighted by atomic mass is 16.5. The Kier molecular flexibility index (Phi) is 4.17. The molecule has 0 saturated carbocycles. The minimum atomic E-state index is -0.854. The molecular formula is C17H15NO2. The molecule has 2 rings (SSSR count). The first-order valence-corrected chi connectivity index (χ1v) is 6.31. The smallest absolute Gasteiger partial charge is 0.184 e. The Bertz CT molecular complexity index is 671. The van der Waals surface area contributed by atoms with E-state index in [9.17, 15) is 10.1 Å². The van der Waals surface area contributed by atoms with Gasteiger partial charge in [0.15, 0.2) is 5.78 Å². The summed E-state index contributed by atoms with van der Waals surface area (Å²) in [6, 6.07) is 16.5. The summed E-state index contributed by atoms with van der Waals surface area (Å²) in [6.45, 7) is 1.86. The van der Waals surface area contributed by atoms with E-state index in [0.29, 0.717) is 16.9 Å². The summed E-state index contributed by atoms with van der Waals surface area (Å²) in [4.78, 5) is 12.6. The Morgan fingerprint density at radius 3 is 2.45 bits per heavy atom. The van der Waals surface area contributed by atoms with Gasteiger partial charge in [-0.2, -0.15) is 5.26 Å². The summed E-state index contributed by atoms with van der Waals surface area (Å²) in [5.74, 6) is -0.497. The van der Waals surface area contributed by atoms with Gasteiger partial charge in [-0.25, -0.2) is 0 Å². The topological polar surface area (TPSA) is 50.1 Å². The van der Waals surface area contributed by atoms with E-state index in [4.69, 9.17) is 4.74 Å². The molecule has 0 saturated heterocycles. The molecule has 2 aromatic carbocycles. The molecular weight excluding hydrogens is 250 g/mol. The average molecular weight is 265 g/mol. The Labute approximate surface area is 118 Å². The van der Waals surface area contributed by atoms with Crippen LogP contribution in [0.1, 0.15) is 27.4 Å². The van der Waals surface area contributed by atoms with Gasteiger partial charge in [-0.3, -0.25) is 4.79 Å². The van der Waals surface area contributed by atoms with Crippen LogP contribution in [0.4, 0.5) is 0 Å². The predicted octanol–water partition coefficient (Wildman–Crippen LogP) is 3.49. The Morgan fingerprint density at radius 2 is 1.80 bits per heavy atom. The third-order valence-corrected chi connectivity index (χ3v) is 3.25. The summed E-state index contributed by atoms with van der Waals surface area (Å²) in [5, 5.41) is 9.40. The fraction of sp³-hybridized carbons (Fsp3) is 0.176. The van der Waals surface area contributed by atoms with E-state index in [1.165, 1.54) is 7.11 Å². The number of methoxy groups -OCH3 is 1. The number of hydrogen-bond donors (Lipinski definition) is 0. The van der Waals surface area contributed by atoms with Gasteiger partial charge in [-0.15, -0.1) is 0 Å². The molecule has 0 aliphatic carbocycles. The molecule has 1 atom stereocenters. The van der Waals surface area contributed by atoms with Crippen molar-refractivity contribution in [2.45, 2.75) is 12.8 Å². The van der Waals surface area contributed by atoms with Gasteiger partial charge in [-0.1, -0.05) is 42.5 Å². The van der Waals surface area contributed by atoms with E-state index in [2.05, 4.69) is 6.07 Å². The summed E-state index contributed by atoms with van der Waals surface area (Å²) in [6.07, 6.45) is 0. The summed E-state index contributed by atoms with van der Waals surface area (Å²) >= 11 is 0. The van der Waals surface area contributed by atoms with Crippen molar-refractivity contribution in [1.29, 1.82) is 5.26 Å². The molecule has 100 valence electrons. The van der Waals surface area contributed by atoms with Crippen molar-refractivity contribution < 1.29 is 9.53 Å². The second-order valence-corrected chi connectivity index (χ2v) is 4.48. The molecule has 0 N–H and O–H groups in total. The van der Waals surface area contributed by atoms with E-state index < -0.39 is 5.92 Å². The minimum Gasteiger partial charge on any atom is -0.496 e. The van der Waals surface area contributed by atoms with Crippen LogP contribution >= 0.6 is 0 Å². The lowest BCUT2D eigenvalue weighted by molar-refractivity contribution is 0.0977. The molecule has 0 aliphatic heterocycles. The highest BCUT2D eigenvalue weighted by molar-refractivity contribution is 6.04. The Hall–Kier alpha value is -2.60. The molecule has 1 unspecified atom stereocenters.